The molecule has 1 aromatic heterocycles. The molecule has 1 aliphatic heterocycles. The third-order valence-corrected chi connectivity index (χ3v) is 6.30. The van der Waals surface area contributed by atoms with Gasteiger partial charge in [-0.25, -0.2) is 0 Å². The molecule has 0 aliphatic carbocycles. The molecule has 1 amide bonds. The Labute approximate surface area is 195 Å². The highest BCUT2D eigenvalue weighted by Crippen LogP contribution is 2.30. The Bertz CT molecular complexity index is 1130. The highest BCUT2D eigenvalue weighted by molar-refractivity contribution is 5.99. The summed E-state index contributed by atoms with van der Waals surface area (Å²) in [6.07, 6.45) is 0. The van der Waals surface area contributed by atoms with Crippen LogP contribution in [-0.4, -0.2) is 61.4 Å². The maximum absolute atomic E-state index is 13.2. The van der Waals surface area contributed by atoms with E-state index in [9.17, 15) is 4.79 Å². The number of nitrogens with zero attached hydrogens (tertiary/aromatic N) is 4. The van der Waals surface area contributed by atoms with E-state index in [0.29, 0.717) is 43.2 Å². The van der Waals surface area contributed by atoms with Crippen LogP contribution in [0.15, 0.2) is 42.5 Å². The van der Waals surface area contributed by atoms with E-state index in [1.165, 1.54) is 16.7 Å². The summed E-state index contributed by atoms with van der Waals surface area (Å²) in [5.74, 6) is 1.77. The van der Waals surface area contributed by atoms with Gasteiger partial charge < -0.3 is 19.3 Å². The van der Waals surface area contributed by atoms with E-state index in [4.69, 9.17) is 9.47 Å². The van der Waals surface area contributed by atoms with E-state index < -0.39 is 0 Å². The Morgan fingerprint density at radius 2 is 1.45 bits per heavy atom. The topological polar surface area (TPSA) is 67.8 Å². The molecule has 0 spiro atoms. The summed E-state index contributed by atoms with van der Waals surface area (Å²) in [5.41, 5.74) is 6.16. The average Bonchev–Trinajstić information content (AvgIpc) is 2.85. The lowest BCUT2D eigenvalue weighted by atomic mass is 9.99. The van der Waals surface area contributed by atoms with E-state index in [1.807, 2.05) is 23.1 Å². The lowest BCUT2D eigenvalue weighted by Crippen LogP contribution is -2.49. The number of aromatic nitrogens is 2. The molecule has 33 heavy (non-hydrogen) atoms. The summed E-state index contributed by atoms with van der Waals surface area (Å²) in [5, 5.41) is 8.98. The Morgan fingerprint density at radius 1 is 0.818 bits per heavy atom. The van der Waals surface area contributed by atoms with Gasteiger partial charge in [0.05, 0.1) is 19.9 Å². The van der Waals surface area contributed by atoms with Gasteiger partial charge in [0.2, 0.25) is 0 Å². The molecule has 4 rings (SSSR count). The molecule has 2 aromatic carbocycles. The van der Waals surface area contributed by atoms with Gasteiger partial charge in [-0.05, 0) is 67.8 Å². The number of rotatable bonds is 5. The van der Waals surface area contributed by atoms with Crippen molar-refractivity contribution in [2.75, 3.05) is 45.3 Å². The third-order valence-electron chi connectivity index (χ3n) is 6.30. The van der Waals surface area contributed by atoms with E-state index in [1.54, 1.807) is 26.4 Å². The molecule has 3 aromatic rings. The molecule has 0 bridgehead atoms. The zero-order valence-electron chi connectivity index (χ0n) is 19.9. The van der Waals surface area contributed by atoms with Crippen LogP contribution in [0.3, 0.4) is 0 Å². The van der Waals surface area contributed by atoms with Gasteiger partial charge in [-0.15, -0.1) is 10.2 Å². The zero-order valence-corrected chi connectivity index (χ0v) is 19.9. The molecule has 1 aliphatic rings. The van der Waals surface area contributed by atoms with Crippen molar-refractivity contribution in [3.05, 3.63) is 64.7 Å². The first-order chi connectivity index (χ1) is 15.9. The van der Waals surface area contributed by atoms with Gasteiger partial charge in [0.25, 0.3) is 5.91 Å². The number of benzene rings is 2. The molecule has 1 saturated heterocycles. The molecule has 0 saturated carbocycles. The molecule has 0 atom stereocenters. The number of carbonyl (C=O) groups is 1. The molecule has 0 unspecified atom stereocenters. The first kappa shape index (κ1) is 22.6. The summed E-state index contributed by atoms with van der Waals surface area (Å²) in [4.78, 5) is 17.2. The van der Waals surface area contributed by atoms with Crippen LogP contribution in [0, 0.1) is 20.8 Å². The molecular weight excluding hydrogens is 416 g/mol. The van der Waals surface area contributed by atoms with Crippen molar-refractivity contribution in [2.45, 2.75) is 20.8 Å². The second-order valence-electron chi connectivity index (χ2n) is 8.34. The van der Waals surface area contributed by atoms with Crippen molar-refractivity contribution in [3.8, 4) is 22.8 Å². The van der Waals surface area contributed by atoms with Gasteiger partial charge >= 0.3 is 0 Å². The number of carbonyl (C=O) groups excluding carboxylic acids is 1. The smallest absolute Gasteiger partial charge is 0.261 e. The van der Waals surface area contributed by atoms with Crippen molar-refractivity contribution in [1.82, 2.24) is 15.1 Å². The van der Waals surface area contributed by atoms with Gasteiger partial charge in [-0.2, -0.15) is 0 Å². The third kappa shape index (κ3) is 4.49. The fourth-order valence-corrected chi connectivity index (χ4v) is 4.23. The van der Waals surface area contributed by atoms with Crippen molar-refractivity contribution in [1.29, 1.82) is 0 Å². The molecule has 172 valence electrons. The van der Waals surface area contributed by atoms with Gasteiger partial charge in [0, 0.05) is 31.7 Å². The molecular formula is C26H30N4O3. The Balaban J connectivity index is 1.46. The van der Waals surface area contributed by atoms with E-state index >= 15 is 0 Å². The summed E-state index contributed by atoms with van der Waals surface area (Å²) >= 11 is 0. The minimum atomic E-state index is -0.0874. The van der Waals surface area contributed by atoms with Gasteiger partial charge in [0.1, 0.15) is 17.1 Å². The predicted octanol–water partition coefficient (Wildman–Crippen LogP) is 4.05. The minimum Gasteiger partial charge on any atom is -0.496 e. The van der Waals surface area contributed by atoms with Crippen LogP contribution in [0.25, 0.3) is 11.3 Å². The quantitative estimate of drug-likeness (QED) is 0.589. The van der Waals surface area contributed by atoms with Crippen molar-refractivity contribution in [3.63, 3.8) is 0 Å². The maximum Gasteiger partial charge on any atom is 0.261 e. The summed E-state index contributed by atoms with van der Waals surface area (Å²) in [7, 11) is 3.12. The summed E-state index contributed by atoms with van der Waals surface area (Å²) in [6.45, 7) is 8.86. The second-order valence-corrected chi connectivity index (χ2v) is 8.34. The van der Waals surface area contributed by atoms with Gasteiger partial charge in [0.15, 0.2) is 5.82 Å². The van der Waals surface area contributed by atoms with E-state index in [2.05, 4.69) is 48.0 Å². The number of anilines is 1. The molecule has 1 fully saturated rings. The second kappa shape index (κ2) is 9.48. The number of hydrogen-bond donors (Lipinski definition) is 0. The highest BCUT2D eigenvalue weighted by atomic mass is 16.5. The van der Waals surface area contributed by atoms with E-state index in [0.717, 1.165) is 17.1 Å². The molecule has 7 heteroatoms. The SMILES string of the molecule is COc1cccc(OC)c1C(=O)N1CCN(c2ccc(-c3cc(C)c(C)cc3C)nn2)CC1. The Morgan fingerprint density at radius 3 is 2.03 bits per heavy atom. The minimum absolute atomic E-state index is 0.0874. The number of amides is 1. The normalized spacial score (nSPS) is 13.7. The van der Waals surface area contributed by atoms with Crippen LogP contribution in [0.1, 0.15) is 27.0 Å². The van der Waals surface area contributed by atoms with Gasteiger partial charge in [-0.3, -0.25) is 4.79 Å². The largest absolute Gasteiger partial charge is 0.496 e. The number of aryl methyl sites for hydroxylation is 3. The summed E-state index contributed by atoms with van der Waals surface area (Å²) < 4.78 is 10.8. The van der Waals surface area contributed by atoms with Crippen LogP contribution in [0.5, 0.6) is 11.5 Å². The van der Waals surface area contributed by atoms with Crippen LogP contribution >= 0.6 is 0 Å². The molecule has 0 N–H and O–H groups in total. The number of methoxy groups -OCH3 is 2. The fourth-order valence-electron chi connectivity index (χ4n) is 4.23. The van der Waals surface area contributed by atoms with Crippen LogP contribution in [-0.2, 0) is 0 Å². The first-order valence-electron chi connectivity index (χ1n) is 11.1. The molecule has 0 radical (unpaired) electrons. The summed E-state index contributed by atoms with van der Waals surface area (Å²) in [6, 6.07) is 13.8. The first-order valence-corrected chi connectivity index (χ1v) is 11.1. The predicted molar refractivity (Wildman–Crippen MR) is 129 cm³/mol. The molecule has 2 heterocycles. The van der Waals surface area contributed by atoms with Crippen molar-refractivity contribution < 1.29 is 14.3 Å². The molecule has 7 nitrogen and oxygen atoms in total. The van der Waals surface area contributed by atoms with Crippen molar-refractivity contribution >= 4 is 11.7 Å². The Kier molecular flexibility index (Phi) is 6.49. The number of piperazine rings is 1. The number of ether oxygens (including phenoxy) is 2. The zero-order chi connectivity index (χ0) is 23.5. The van der Waals surface area contributed by atoms with E-state index in [-0.39, 0.29) is 5.91 Å². The lowest BCUT2D eigenvalue weighted by Gasteiger charge is -2.35. The van der Waals surface area contributed by atoms with Crippen LogP contribution < -0.4 is 14.4 Å². The van der Waals surface area contributed by atoms with Gasteiger partial charge in [-0.1, -0.05) is 12.1 Å². The van der Waals surface area contributed by atoms with Crippen molar-refractivity contribution in [2.24, 2.45) is 0 Å². The monoisotopic (exact) mass is 446 g/mol. The standard InChI is InChI=1S/C26H30N4O3/c1-17-15-19(3)20(16-18(17)2)21-9-10-24(28-27-21)29-11-13-30(14-12-29)26(31)25-22(32-4)7-6-8-23(25)33-5/h6-10,15-16H,11-14H2,1-5H3. The van der Waals surface area contributed by atoms with Crippen LogP contribution in [0.2, 0.25) is 0 Å². The highest BCUT2D eigenvalue weighted by Gasteiger charge is 2.27. The fraction of sp³-hybridized carbons (Fsp3) is 0.346. The Hall–Kier alpha value is -3.61. The lowest BCUT2D eigenvalue weighted by molar-refractivity contribution is 0.0739. The average molecular weight is 447 g/mol. The number of hydrogen-bond acceptors (Lipinski definition) is 6. The maximum atomic E-state index is 13.2. The van der Waals surface area contributed by atoms with Crippen LogP contribution in [0.4, 0.5) is 5.82 Å².